The molecule has 1 aliphatic heterocycles. The van der Waals surface area contributed by atoms with E-state index in [1.807, 2.05) is 47.9 Å². The fourth-order valence-electron chi connectivity index (χ4n) is 3.74. The molecule has 1 unspecified atom stereocenters. The van der Waals surface area contributed by atoms with Gasteiger partial charge in [0.05, 0.1) is 12.2 Å². The number of aryl methyl sites for hydroxylation is 2. The average molecular weight is 418 g/mol. The Morgan fingerprint density at radius 2 is 2.03 bits per heavy atom. The van der Waals surface area contributed by atoms with Crippen LogP contribution < -0.4 is 5.32 Å². The Labute approximate surface area is 176 Å². The lowest BCUT2D eigenvalue weighted by molar-refractivity contribution is -0.135. The molecule has 1 amide bonds. The van der Waals surface area contributed by atoms with Crippen molar-refractivity contribution in [1.82, 2.24) is 20.3 Å². The van der Waals surface area contributed by atoms with Crippen molar-refractivity contribution < 1.29 is 9.32 Å². The molecule has 2 aromatic rings. The highest BCUT2D eigenvalue weighted by Crippen LogP contribution is 2.22. The Hall–Kier alpha value is -2.54. The minimum absolute atomic E-state index is 0.0907. The van der Waals surface area contributed by atoms with E-state index in [9.17, 15) is 4.79 Å². The lowest BCUT2D eigenvalue weighted by Crippen LogP contribution is -2.55. The number of carbonyl (C=O) groups is 1. The Morgan fingerprint density at radius 3 is 2.62 bits per heavy atom. The topological polar surface area (TPSA) is 74.0 Å². The first-order chi connectivity index (χ1) is 13.9. The number of carbonyl (C=O) groups excluding carboxylic acids is 1. The molecule has 1 aromatic carbocycles. The zero-order chi connectivity index (χ0) is 21.0. The maximum atomic E-state index is 12.7. The van der Waals surface area contributed by atoms with Crippen LogP contribution in [-0.2, 0) is 11.3 Å². The first-order valence-electron chi connectivity index (χ1n) is 9.79. The van der Waals surface area contributed by atoms with Crippen LogP contribution in [0.3, 0.4) is 0 Å². The number of aromatic nitrogens is 1. The van der Waals surface area contributed by atoms with Gasteiger partial charge < -0.3 is 19.6 Å². The van der Waals surface area contributed by atoms with Gasteiger partial charge in [0.15, 0.2) is 5.96 Å². The van der Waals surface area contributed by atoms with Crippen molar-refractivity contribution in [3.63, 3.8) is 0 Å². The summed E-state index contributed by atoms with van der Waals surface area (Å²) >= 11 is 5.94. The number of benzene rings is 1. The number of nitrogens with zero attached hydrogens (tertiary/aromatic N) is 4. The molecular weight excluding hydrogens is 390 g/mol. The van der Waals surface area contributed by atoms with Crippen LogP contribution in [-0.4, -0.2) is 60.0 Å². The summed E-state index contributed by atoms with van der Waals surface area (Å²) in [5.74, 6) is 1.90. The van der Waals surface area contributed by atoms with Crippen LogP contribution in [0, 0.1) is 13.8 Å². The van der Waals surface area contributed by atoms with Gasteiger partial charge in [0.1, 0.15) is 5.76 Å². The number of nitrogens with one attached hydrogen (secondary N) is 1. The highest BCUT2D eigenvalue weighted by atomic mass is 35.5. The van der Waals surface area contributed by atoms with Crippen molar-refractivity contribution >= 4 is 23.5 Å². The van der Waals surface area contributed by atoms with Crippen molar-refractivity contribution in [2.24, 2.45) is 4.99 Å². The van der Waals surface area contributed by atoms with Crippen molar-refractivity contribution in [3.8, 4) is 0 Å². The Morgan fingerprint density at radius 1 is 1.31 bits per heavy atom. The summed E-state index contributed by atoms with van der Waals surface area (Å²) in [5, 5.41) is 8.12. The van der Waals surface area contributed by atoms with Gasteiger partial charge in [-0.3, -0.25) is 9.79 Å². The third-order valence-corrected chi connectivity index (χ3v) is 5.52. The number of hydrogen-bond donors (Lipinski definition) is 1. The van der Waals surface area contributed by atoms with Crippen molar-refractivity contribution in [2.75, 3.05) is 33.2 Å². The number of hydrogen-bond acceptors (Lipinski definition) is 4. The zero-order valence-electron chi connectivity index (χ0n) is 17.4. The lowest BCUT2D eigenvalue weighted by atomic mass is 10.00. The van der Waals surface area contributed by atoms with E-state index >= 15 is 0 Å². The first-order valence-corrected chi connectivity index (χ1v) is 10.2. The average Bonchev–Trinajstić information content (AvgIpc) is 3.04. The Bertz CT molecular complexity index is 858. The molecule has 1 saturated heterocycles. The van der Waals surface area contributed by atoms with Gasteiger partial charge in [-0.25, -0.2) is 0 Å². The zero-order valence-corrected chi connectivity index (χ0v) is 18.2. The molecule has 1 atom stereocenters. The van der Waals surface area contributed by atoms with Gasteiger partial charge in [0.25, 0.3) is 0 Å². The van der Waals surface area contributed by atoms with Crippen LogP contribution in [0.5, 0.6) is 0 Å². The van der Waals surface area contributed by atoms with Gasteiger partial charge in [-0.15, -0.1) is 0 Å². The minimum atomic E-state index is 0.0907. The number of guanidine groups is 1. The number of piperazine rings is 1. The predicted molar refractivity (Wildman–Crippen MR) is 114 cm³/mol. The summed E-state index contributed by atoms with van der Waals surface area (Å²) in [6.45, 7) is 9.00. The largest absolute Gasteiger partial charge is 0.361 e. The smallest absolute Gasteiger partial charge is 0.242 e. The summed E-state index contributed by atoms with van der Waals surface area (Å²) in [7, 11) is 1.74. The lowest BCUT2D eigenvalue weighted by Gasteiger charge is -2.36. The number of halogens is 1. The van der Waals surface area contributed by atoms with E-state index in [2.05, 4.69) is 22.4 Å². The van der Waals surface area contributed by atoms with Crippen LogP contribution in [0.4, 0.5) is 0 Å². The van der Waals surface area contributed by atoms with Crippen LogP contribution in [0.15, 0.2) is 33.8 Å². The molecular formula is C21H28ClN5O2. The van der Waals surface area contributed by atoms with E-state index in [4.69, 9.17) is 16.1 Å². The molecule has 0 bridgehead atoms. The van der Waals surface area contributed by atoms with Crippen molar-refractivity contribution in [3.05, 3.63) is 51.9 Å². The molecule has 1 aliphatic rings. The molecule has 1 N–H and O–H groups in total. The van der Waals surface area contributed by atoms with E-state index < -0.39 is 0 Å². The summed E-state index contributed by atoms with van der Waals surface area (Å²) in [4.78, 5) is 20.9. The fourth-order valence-corrected chi connectivity index (χ4v) is 3.87. The number of aliphatic imine (C=N–C) groups is 1. The molecule has 8 heteroatoms. The molecule has 0 spiro atoms. The van der Waals surface area contributed by atoms with Crippen molar-refractivity contribution in [2.45, 2.75) is 33.2 Å². The predicted octanol–water partition coefficient (Wildman–Crippen LogP) is 2.97. The second-order valence-electron chi connectivity index (χ2n) is 7.43. The van der Waals surface area contributed by atoms with E-state index in [1.165, 1.54) is 0 Å². The van der Waals surface area contributed by atoms with E-state index in [1.54, 1.807) is 7.05 Å². The third kappa shape index (κ3) is 5.09. The second kappa shape index (κ2) is 9.31. The molecule has 156 valence electrons. The SMILES string of the molecule is CN=C(NCC(C)c1c(C)noc1C)N1CCN(Cc2ccc(Cl)cc2)C(=O)C1. The number of rotatable bonds is 5. The van der Waals surface area contributed by atoms with Gasteiger partial charge in [0.2, 0.25) is 5.91 Å². The molecule has 29 heavy (non-hydrogen) atoms. The maximum Gasteiger partial charge on any atom is 0.242 e. The maximum absolute atomic E-state index is 12.7. The summed E-state index contributed by atoms with van der Waals surface area (Å²) in [6.07, 6.45) is 0. The van der Waals surface area contributed by atoms with Gasteiger partial charge in [-0.05, 0) is 31.5 Å². The summed E-state index contributed by atoms with van der Waals surface area (Å²) in [5.41, 5.74) is 3.11. The quantitative estimate of drug-likeness (QED) is 0.598. The fraction of sp³-hybridized carbons (Fsp3) is 0.476. The van der Waals surface area contributed by atoms with Crippen LogP contribution in [0.25, 0.3) is 0 Å². The number of amides is 1. The molecule has 2 heterocycles. The monoisotopic (exact) mass is 417 g/mol. The Balaban J connectivity index is 1.55. The third-order valence-electron chi connectivity index (χ3n) is 5.26. The molecule has 1 fully saturated rings. The van der Waals surface area contributed by atoms with Crippen molar-refractivity contribution in [1.29, 1.82) is 0 Å². The van der Waals surface area contributed by atoms with E-state index in [0.717, 1.165) is 35.1 Å². The van der Waals surface area contributed by atoms with Gasteiger partial charge >= 0.3 is 0 Å². The van der Waals surface area contributed by atoms with Gasteiger partial charge in [0, 0.05) is 49.7 Å². The summed E-state index contributed by atoms with van der Waals surface area (Å²) in [6, 6.07) is 7.62. The normalized spacial score (nSPS) is 16.3. The molecule has 0 saturated carbocycles. The molecule has 0 aliphatic carbocycles. The van der Waals surface area contributed by atoms with Gasteiger partial charge in [-0.2, -0.15) is 0 Å². The molecule has 1 aromatic heterocycles. The minimum Gasteiger partial charge on any atom is -0.361 e. The second-order valence-corrected chi connectivity index (χ2v) is 7.87. The van der Waals surface area contributed by atoms with E-state index in [-0.39, 0.29) is 11.8 Å². The van der Waals surface area contributed by atoms with Crippen LogP contribution in [0.1, 0.15) is 35.4 Å². The molecule has 7 nitrogen and oxygen atoms in total. The highest BCUT2D eigenvalue weighted by molar-refractivity contribution is 6.30. The summed E-state index contributed by atoms with van der Waals surface area (Å²) < 4.78 is 5.27. The highest BCUT2D eigenvalue weighted by Gasteiger charge is 2.26. The first kappa shape index (κ1) is 21.2. The van der Waals surface area contributed by atoms with Crippen LogP contribution in [0.2, 0.25) is 5.02 Å². The molecule has 0 radical (unpaired) electrons. The van der Waals surface area contributed by atoms with Gasteiger partial charge in [-0.1, -0.05) is 35.8 Å². The van der Waals surface area contributed by atoms with E-state index in [0.29, 0.717) is 31.2 Å². The molecule has 3 rings (SSSR count). The Kier molecular flexibility index (Phi) is 6.79. The van der Waals surface area contributed by atoms with Crippen LogP contribution >= 0.6 is 11.6 Å². The standard InChI is InChI=1S/C21H28ClN5O2/c1-14(20-15(2)25-29-16(20)3)11-24-21(23-4)27-10-9-26(19(28)13-27)12-17-5-7-18(22)8-6-17/h5-8,14H,9-13H2,1-4H3,(H,23,24).